The second kappa shape index (κ2) is 13.5. The minimum absolute atomic E-state index is 0.227. The maximum absolute atomic E-state index is 13.6. The number of hydrogen-bond donors (Lipinski definition) is 1. The Morgan fingerprint density at radius 2 is 1.90 bits per heavy atom. The number of carbonyl (C=O) groups excluding carboxylic acids is 2. The Kier molecular flexibility index (Phi) is 10.4. The van der Waals surface area contributed by atoms with Crippen molar-refractivity contribution in [2.45, 2.75) is 18.4 Å². The van der Waals surface area contributed by atoms with Crippen LogP contribution in [0.4, 0.5) is 13.2 Å². The normalized spacial score (nSPS) is 16.7. The molecule has 13 heteroatoms. The summed E-state index contributed by atoms with van der Waals surface area (Å²) in [6.45, 7) is 0.442. The molecule has 2 heterocycles. The van der Waals surface area contributed by atoms with Gasteiger partial charge >= 0.3 is 0 Å². The Bertz CT molecular complexity index is 1190. The zero-order chi connectivity index (χ0) is 28.5. The van der Waals surface area contributed by atoms with Crippen molar-refractivity contribution in [3.63, 3.8) is 0 Å². The molecule has 0 bridgehead atoms. The summed E-state index contributed by atoms with van der Waals surface area (Å²) < 4.78 is 56.9. The molecule has 2 aromatic rings. The first-order valence-electron chi connectivity index (χ1n) is 12.5. The zero-order valence-corrected chi connectivity index (χ0v) is 22.0. The summed E-state index contributed by atoms with van der Waals surface area (Å²) in [5, 5.41) is 12.0. The van der Waals surface area contributed by atoms with Crippen molar-refractivity contribution in [2.75, 3.05) is 73.6 Å². The highest BCUT2D eigenvalue weighted by molar-refractivity contribution is 6.07. The number of nitrogens with one attached hydrogen (secondary N) is 1. The fraction of sp³-hybridized carbons (Fsp3) is 0.538. The third kappa shape index (κ3) is 8.77. The van der Waals surface area contributed by atoms with E-state index in [1.165, 1.54) is 12.3 Å². The van der Waals surface area contributed by atoms with Crippen LogP contribution in [0.2, 0.25) is 0 Å². The van der Waals surface area contributed by atoms with E-state index in [-0.39, 0.29) is 16.7 Å². The summed E-state index contributed by atoms with van der Waals surface area (Å²) in [4.78, 5) is 30.3. The molecule has 0 aliphatic carbocycles. The smallest absolute Gasteiger partial charge is 0.268 e. The van der Waals surface area contributed by atoms with E-state index in [1.807, 2.05) is 0 Å². The van der Waals surface area contributed by atoms with Crippen LogP contribution in [0.25, 0.3) is 10.9 Å². The second-order valence-corrected chi connectivity index (χ2v) is 9.80. The molecule has 1 aliphatic heterocycles. The number of fused-ring (bicyclic) bond motifs is 1. The number of aromatic nitrogens is 1. The van der Waals surface area contributed by atoms with E-state index in [1.54, 1.807) is 38.4 Å². The van der Waals surface area contributed by atoms with Gasteiger partial charge in [-0.3, -0.25) is 14.6 Å². The lowest BCUT2D eigenvalue weighted by atomic mass is 10.1. The zero-order valence-electron chi connectivity index (χ0n) is 22.0. The number of nitrogens with zero attached hydrogens (tertiary/aromatic N) is 4. The lowest BCUT2D eigenvalue weighted by Crippen LogP contribution is -2.43. The van der Waals surface area contributed by atoms with Crippen LogP contribution in [0.1, 0.15) is 16.8 Å². The van der Waals surface area contributed by atoms with Gasteiger partial charge in [-0.1, -0.05) is 0 Å². The van der Waals surface area contributed by atoms with Gasteiger partial charge in [0, 0.05) is 18.0 Å². The number of halogens is 3. The summed E-state index contributed by atoms with van der Waals surface area (Å²) in [5.74, 6) is -4.01. The number of carbonyl (C=O) groups is 2. The van der Waals surface area contributed by atoms with E-state index in [2.05, 4.69) is 10.3 Å². The summed E-state index contributed by atoms with van der Waals surface area (Å²) >= 11 is 0. The van der Waals surface area contributed by atoms with E-state index >= 15 is 0 Å². The van der Waals surface area contributed by atoms with E-state index < -0.39 is 50.1 Å². The Labute approximate surface area is 224 Å². The highest BCUT2D eigenvalue weighted by Crippen LogP contribution is 2.31. The average molecular weight is 553 g/mol. The quantitative estimate of drug-likeness (QED) is 0.217. The lowest BCUT2D eigenvalue weighted by Gasteiger charge is -2.25. The molecular weight excluding hydrogens is 519 g/mol. The van der Waals surface area contributed by atoms with Gasteiger partial charge < -0.3 is 28.9 Å². The highest BCUT2D eigenvalue weighted by Gasteiger charge is 2.47. The van der Waals surface area contributed by atoms with Crippen LogP contribution in [0.15, 0.2) is 30.5 Å². The molecule has 3 rings (SSSR count). The number of amides is 2. The summed E-state index contributed by atoms with van der Waals surface area (Å²) in [7, 11) is 3.56. The van der Waals surface area contributed by atoms with Crippen LogP contribution in [0, 0.1) is 11.3 Å². The van der Waals surface area contributed by atoms with Gasteiger partial charge in [-0.2, -0.15) is 9.65 Å². The van der Waals surface area contributed by atoms with Gasteiger partial charge in [0.15, 0.2) is 0 Å². The Hall–Kier alpha value is -3.47. The van der Waals surface area contributed by atoms with Gasteiger partial charge in [0.1, 0.15) is 24.9 Å². The number of pyridine rings is 1. The number of benzene rings is 1. The first-order valence-corrected chi connectivity index (χ1v) is 12.5. The number of likely N-dealkylation sites (tertiary alicyclic amines) is 1. The van der Waals surface area contributed by atoms with E-state index in [9.17, 15) is 22.8 Å². The van der Waals surface area contributed by atoms with Crippen molar-refractivity contribution in [1.29, 1.82) is 5.26 Å². The van der Waals surface area contributed by atoms with E-state index in [0.717, 1.165) is 4.90 Å². The van der Waals surface area contributed by atoms with Crippen molar-refractivity contribution in [3.05, 3.63) is 36.0 Å². The largest absolute Gasteiger partial charge is 0.491 e. The molecule has 10 nitrogen and oxygen atoms in total. The van der Waals surface area contributed by atoms with Crippen LogP contribution in [0.3, 0.4) is 0 Å². The third-order valence-corrected chi connectivity index (χ3v) is 6.13. The Balaban J connectivity index is 1.47. The maximum atomic E-state index is 13.6. The molecule has 0 unspecified atom stereocenters. The summed E-state index contributed by atoms with van der Waals surface area (Å²) in [6, 6.07) is 6.97. The van der Waals surface area contributed by atoms with Gasteiger partial charge in [0.05, 0.1) is 70.8 Å². The van der Waals surface area contributed by atoms with Crippen LogP contribution >= 0.6 is 0 Å². The molecule has 0 spiro atoms. The third-order valence-electron chi connectivity index (χ3n) is 6.13. The molecule has 2 amide bonds. The van der Waals surface area contributed by atoms with E-state index in [0.29, 0.717) is 49.6 Å². The number of nitriles is 1. The molecule has 1 N–H and O–H groups in total. The number of rotatable bonds is 14. The van der Waals surface area contributed by atoms with Crippen LogP contribution < -0.4 is 10.1 Å². The second-order valence-electron chi connectivity index (χ2n) is 9.80. The van der Waals surface area contributed by atoms with Gasteiger partial charge in [-0.05, 0) is 24.3 Å². The first kappa shape index (κ1) is 30.1. The summed E-state index contributed by atoms with van der Waals surface area (Å²) in [5.41, 5.74) is 0.748. The fourth-order valence-electron chi connectivity index (χ4n) is 3.87. The number of hydrogen-bond acceptors (Lipinski definition) is 7. The minimum Gasteiger partial charge on any atom is -0.491 e. The molecule has 212 valence electrons. The van der Waals surface area contributed by atoms with E-state index in [4.69, 9.17) is 19.5 Å². The van der Waals surface area contributed by atoms with Crippen molar-refractivity contribution < 1.29 is 41.5 Å². The van der Waals surface area contributed by atoms with Crippen molar-refractivity contribution >= 4 is 22.7 Å². The molecule has 1 fully saturated rings. The standard InChI is InChI=1S/C26H32F3N5O5/c1-34(2,18-27)7-8-37-9-10-38-11-12-39-20-3-4-23-22(13-20)21(5-6-31-23)25(36)32-16-24(35)33-17-26(28,29)14-19(33)15-30/h3-6,13,19H,7-12,14,16-18H2,1-2H3/p+1/t19-/m0/s1. The molecule has 0 radical (unpaired) electrons. The van der Waals surface area contributed by atoms with Gasteiger partial charge in [-0.15, -0.1) is 0 Å². The average Bonchev–Trinajstić information content (AvgIpc) is 3.24. The van der Waals surface area contributed by atoms with Crippen LogP contribution in [-0.4, -0.2) is 112 Å². The molecule has 0 saturated carbocycles. The monoisotopic (exact) mass is 552 g/mol. The fourth-order valence-corrected chi connectivity index (χ4v) is 3.87. The number of ether oxygens (including phenoxy) is 3. The molecule has 1 atom stereocenters. The highest BCUT2D eigenvalue weighted by atomic mass is 19.3. The van der Waals surface area contributed by atoms with Gasteiger partial charge in [0.25, 0.3) is 11.8 Å². The van der Waals surface area contributed by atoms with Gasteiger partial charge in [-0.25, -0.2) is 8.78 Å². The molecule has 39 heavy (non-hydrogen) atoms. The first-order chi connectivity index (χ1) is 18.5. The predicted molar refractivity (Wildman–Crippen MR) is 135 cm³/mol. The van der Waals surface area contributed by atoms with Gasteiger partial charge in [0.2, 0.25) is 12.7 Å². The number of likely N-dealkylation sites (N-methyl/N-ethyl adjacent to an activating group) is 1. The molecule has 1 aromatic carbocycles. The van der Waals surface area contributed by atoms with Crippen LogP contribution in [-0.2, 0) is 14.3 Å². The molecule has 1 aliphatic rings. The predicted octanol–water partition coefficient (Wildman–Crippen LogP) is 2.14. The van der Waals surface area contributed by atoms with Crippen LogP contribution in [0.5, 0.6) is 5.75 Å². The Morgan fingerprint density at radius 1 is 1.18 bits per heavy atom. The topological polar surface area (TPSA) is 114 Å². The van der Waals surface area contributed by atoms with Crippen molar-refractivity contribution in [2.24, 2.45) is 0 Å². The number of quaternary nitrogens is 1. The summed E-state index contributed by atoms with van der Waals surface area (Å²) in [6.07, 6.45) is 0.721. The molecule has 1 aromatic heterocycles. The number of alkyl halides is 3. The maximum Gasteiger partial charge on any atom is 0.268 e. The minimum atomic E-state index is -3.13. The van der Waals surface area contributed by atoms with Crippen molar-refractivity contribution in [1.82, 2.24) is 15.2 Å². The lowest BCUT2D eigenvalue weighted by molar-refractivity contribution is -0.903. The molecule has 1 saturated heterocycles. The molecular formula is C26H33F3N5O5+. The Morgan fingerprint density at radius 3 is 2.62 bits per heavy atom. The van der Waals surface area contributed by atoms with Crippen molar-refractivity contribution in [3.8, 4) is 11.8 Å². The SMILES string of the molecule is C[N+](C)(CF)CCOCCOCCOc1ccc2nccc(C(=O)NCC(=O)N3CC(F)(F)C[C@H]3C#N)c2c1.